The maximum atomic E-state index is 12.0. The van der Waals surface area contributed by atoms with Gasteiger partial charge in [-0.05, 0) is 52.2 Å². The maximum Gasteiger partial charge on any atom is 0.407 e. The molecule has 8 nitrogen and oxygen atoms in total. The Balaban J connectivity index is 2.95. The van der Waals surface area contributed by atoms with E-state index in [-0.39, 0.29) is 19.3 Å². The van der Waals surface area contributed by atoms with Crippen molar-refractivity contribution in [2.75, 3.05) is 24.2 Å². The van der Waals surface area contributed by atoms with Gasteiger partial charge in [0.05, 0.1) is 18.6 Å². The van der Waals surface area contributed by atoms with E-state index >= 15 is 0 Å². The van der Waals surface area contributed by atoms with Gasteiger partial charge in [0, 0.05) is 11.6 Å². The highest BCUT2D eigenvalue weighted by atomic mass is 32.2. The number of ether oxygens (including phenoxy) is 2. The monoisotopic (exact) mass is 416 g/mol. The molecule has 0 aromatic heterocycles. The topological polar surface area (TPSA) is 114 Å². The smallest absolute Gasteiger partial charge is 0.407 e. The molecule has 1 amide bonds. The van der Waals surface area contributed by atoms with Crippen molar-refractivity contribution in [1.82, 2.24) is 5.32 Å². The van der Waals surface area contributed by atoms with E-state index < -0.39 is 21.7 Å². The standard InChI is InChI=1S/C19H32N2O6S/c1-6-14(20-18(23)27-19(2,3)4)10-11-15-16(21-28(5,24)25)8-7-9-17(15)26-13-12-22/h7-9,14,21-22H,6,10-13H2,1-5H3,(H,20,23)/t14-/m1/s1. The summed E-state index contributed by atoms with van der Waals surface area (Å²) in [7, 11) is -3.47. The van der Waals surface area contributed by atoms with Crippen LogP contribution in [0.4, 0.5) is 10.5 Å². The fraction of sp³-hybridized carbons (Fsp3) is 0.632. The number of hydrogen-bond acceptors (Lipinski definition) is 6. The van der Waals surface area contributed by atoms with Crippen molar-refractivity contribution in [2.45, 2.75) is 58.6 Å². The van der Waals surface area contributed by atoms with Gasteiger partial charge in [-0.3, -0.25) is 4.72 Å². The lowest BCUT2D eigenvalue weighted by Gasteiger charge is -2.23. The highest BCUT2D eigenvalue weighted by molar-refractivity contribution is 7.92. The minimum Gasteiger partial charge on any atom is -0.491 e. The number of hydrogen-bond donors (Lipinski definition) is 3. The predicted octanol–water partition coefficient (Wildman–Crippen LogP) is 2.67. The van der Waals surface area contributed by atoms with Crippen molar-refractivity contribution in [1.29, 1.82) is 0 Å². The summed E-state index contributed by atoms with van der Waals surface area (Å²) in [5.74, 6) is 0.495. The molecule has 1 aromatic carbocycles. The summed E-state index contributed by atoms with van der Waals surface area (Å²) in [6.45, 7) is 7.29. The Bertz CT molecular complexity index is 743. The molecule has 160 valence electrons. The van der Waals surface area contributed by atoms with Gasteiger partial charge in [0.2, 0.25) is 10.0 Å². The molecule has 1 aromatic rings. The van der Waals surface area contributed by atoms with Crippen LogP contribution in [0.15, 0.2) is 18.2 Å². The average molecular weight is 417 g/mol. The minimum atomic E-state index is -3.47. The van der Waals surface area contributed by atoms with Gasteiger partial charge < -0.3 is 19.9 Å². The Hall–Kier alpha value is -2.00. The summed E-state index contributed by atoms with van der Waals surface area (Å²) in [6, 6.07) is 4.91. The second kappa shape index (κ2) is 10.5. The third-order valence-corrected chi connectivity index (χ3v) is 4.32. The Labute approximate surface area is 167 Å². The second-order valence-corrected chi connectivity index (χ2v) is 9.27. The van der Waals surface area contributed by atoms with Crippen molar-refractivity contribution in [3.63, 3.8) is 0 Å². The molecular weight excluding hydrogens is 384 g/mol. The van der Waals surface area contributed by atoms with Gasteiger partial charge in [0.25, 0.3) is 0 Å². The van der Waals surface area contributed by atoms with Gasteiger partial charge in [0.1, 0.15) is 18.0 Å². The zero-order valence-corrected chi connectivity index (χ0v) is 18.1. The Morgan fingerprint density at radius 2 is 1.96 bits per heavy atom. The molecule has 0 aliphatic rings. The van der Waals surface area contributed by atoms with E-state index in [4.69, 9.17) is 14.6 Å². The molecule has 9 heteroatoms. The number of carbonyl (C=O) groups excluding carboxylic acids is 1. The Kier molecular flexibility index (Phi) is 9.03. The largest absolute Gasteiger partial charge is 0.491 e. The van der Waals surface area contributed by atoms with Crippen molar-refractivity contribution in [2.24, 2.45) is 0 Å². The van der Waals surface area contributed by atoms with Crippen LogP contribution < -0.4 is 14.8 Å². The number of carbonyl (C=O) groups is 1. The van der Waals surface area contributed by atoms with E-state index in [2.05, 4.69) is 10.0 Å². The average Bonchev–Trinajstić information content (AvgIpc) is 2.54. The van der Waals surface area contributed by atoms with Crippen LogP contribution in [0.2, 0.25) is 0 Å². The van der Waals surface area contributed by atoms with Crippen molar-refractivity contribution >= 4 is 21.8 Å². The maximum absolute atomic E-state index is 12.0. The van der Waals surface area contributed by atoms with Crippen molar-refractivity contribution < 1.29 is 27.8 Å². The summed E-state index contributed by atoms with van der Waals surface area (Å²) < 4.78 is 36.7. The molecule has 0 heterocycles. The number of nitrogens with one attached hydrogen (secondary N) is 2. The van der Waals surface area contributed by atoms with Crippen LogP contribution in [0.25, 0.3) is 0 Å². The first kappa shape index (κ1) is 24.0. The first-order chi connectivity index (χ1) is 12.9. The Morgan fingerprint density at radius 3 is 2.50 bits per heavy atom. The lowest BCUT2D eigenvalue weighted by atomic mass is 10.0. The summed E-state index contributed by atoms with van der Waals surface area (Å²) in [5.41, 5.74) is 0.510. The number of aliphatic hydroxyl groups is 1. The fourth-order valence-corrected chi connectivity index (χ4v) is 3.17. The molecule has 0 aliphatic carbocycles. The SMILES string of the molecule is CC[C@H](CCc1c(NS(C)(=O)=O)cccc1OCCO)NC(=O)OC(C)(C)C. The predicted molar refractivity (Wildman–Crippen MR) is 109 cm³/mol. The van der Waals surface area contributed by atoms with Crippen LogP contribution in [0, 0.1) is 0 Å². The van der Waals surface area contributed by atoms with Gasteiger partial charge >= 0.3 is 6.09 Å². The molecule has 0 bridgehead atoms. The number of amides is 1. The normalized spacial score (nSPS) is 12.9. The van der Waals surface area contributed by atoms with E-state index in [1.165, 1.54) is 0 Å². The zero-order valence-electron chi connectivity index (χ0n) is 17.2. The number of rotatable bonds is 10. The summed E-state index contributed by atoms with van der Waals surface area (Å²) >= 11 is 0. The summed E-state index contributed by atoms with van der Waals surface area (Å²) in [5, 5.41) is 11.9. The Morgan fingerprint density at radius 1 is 1.29 bits per heavy atom. The van der Waals surface area contributed by atoms with Gasteiger partial charge in [-0.2, -0.15) is 0 Å². The molecule has 28 heavy (non-hydrogen) atoms. The molecule has 0 aliphatic heterocycles. The first-order valence-corrected chi connectivity index (χ1v) is 11.2. The third-order valence-electron chi connectivity index (χ3n) is 3.73. The molecule has 0 fully saturated rings. The lowest BCUT2D eigenvalue weighted by molar-refractivity contribution is 0.0500. The van der Waals surface area contributed by atoms with E-state index in [1.54, 1.807) is 39.0 Å². The van der Waals surface area contributed by atoms with Crippen molar-refractivity contribution in [3.05, 3.63) is 23.8 Å². The summed E-state index contributed by atoms with van der Waals surface area (Å²) in [6.07, 6.45) is 2.31. The molecule has 0 unspecified atom stereocenters. The molecule has 1 atom stereocenters. The minimum absolute atomic E-state index is 0.0999. The van der Waals surface area contributed by atoms with Gasteiger partial charge in [-0.25, -0.2) is 13.2 Å². The highest BCUT2D eigenvalue weighted by Gasteiger charge is 2.20. The molecule has 3 N–H and O–H groups in total. The van der Waals surface area contributed by atoms with E-state index in [0.29, 0.717) is 36.3 Å². The van der Waals surface area contributed by atoms with Crippen LogP contribution in [0.5, 0.6) is 5.75 Å². The molecule has 0 saturated heterocycles. The number of benzene rings is 1. The second-order valence-electron chi connectivity index (χ2n) is 7.52. The van der Waals surface area contributed by atoms with E-state index in [1.807, 2.05) is 6.92 Å². The molecule has 1 rings (SSSR count). The van der Waals surface area contributed by atoms with Gasteiger partial charge in [-0.1, -0.05) is 13.0 Å². The number of alkyl carbamates (subject to hydrolysis) is 1. The van der Waals surface area contributed by atoms with Crippen LogP contribution in [-0.4, -0.2) is 50.7 Å². The van der Waals surface area contributed by atoms with Gasteiger partial charge in [-0.15, -0.1) is 0 Å². The quantitative estimate of drug-likeness (QED) is 0.540. The molecule has 0 radical (unpaired) electrons. The van der Waals surface area contributed by atoms with Crippen LogP contribution in [0.3, 0.4) is 0 Å². The van der Waals surface area contributed by atoms with E-state index in [9.17, 15) is 13.2 Å². The zero-order chi connectivity index (χ0) is 21.4. The van der Waals surface area contributed by atoms with Crippen LogP contribution in [0.1, 0.15) is 46.1 Å². The van der Waals surface area contributed by atoms with Crippen LogP contribution >= 0.6 is 0 Å². The summed E-state index contributed by atoms with van der Waals surface area (Å²) in [4.78, 5) is 12.0. The first-order valence-electron chi connectivity index (χ1n) is 9.28. The fourth-order valence-electron chi connectivity index (χ4n) is 2.58. The highest BCUT2D eigenvalue weighted by Crippen LogP contribution is 2.29. The number of aliphatic hydroxyl groups excluding tert-OH is 1. The third kappa shape index (κ3) is 9.27. The molecular formula is C19H32N2O6S. The van der Waals surface area contributed by atoms with E-state index in [0.717, 1.165) is 6.26 Å². The van der Waals surface area contributed by atoms with Crippen LogP contribution in [-0.2, 0) is 21.2 Å². The lowest BCUT2D eigenvalue weighted by Crippen LogP contribution is -2.39. The molecule has 0 saturated carbocycles. The number of anilines is 1. The van der Waals surface area contributed by atoms with Crippen molar-refractivity contribution in [3.8, 4) is 5.75 Å². The van der Waals surface area contributed by atoms with Gasteiger partial charge in [0.15, 0.2) is 0 Å². The number of sulfonamides is 1. The molecule has 0 spiro atoms.